The van der Waals surface area contributed by atoms with Crippen LogP contribution < -0.4 is 0 Å². The van der Waals surface area contributed by atoms with E-state index in [0.29, 0.717) is 12.8 Å². The van der Waals surface area contributed by atoms with E-state index in [1.165, 1.54) is 16.7 Å². The Morgan fingerprint density at radius 1 is 0.867 bits per heavy atom. The molecule has 0 heterocycles. The van der Waals surface area contributed by atoms with Gasteiger partial charge in [0.1, 0.15) is 0 Å². The van der Waals surface area contributed by atoms with Gasteiger partial charge in [-0.1, -0.05) is 41.4 Å². The molecule has 0 aliphatic rings. The summed E-state index contributed by atoms with van der Waals surface area (Å²) in [6, 6.07) is 0. The Morgan fingerprint density at radius 2 is 1.37 bits per heavy atom. The number of carbonyl (C=O) groups is 1. The van der Waals surface area contributed by atoms with E-state index in [4.69, 9.17) is 9.05 Å². The molecule has 0 aliphatic carbocycles. The van der Waals surface area contributed by atoms with Gasteiger partial charge in [-0.3, -0.25) is 9.36 Å². The van der Waals surface area contributed by atoms with Crippen molar-refractivity contribution in [2.75, 3.05) is 13.2 Å². The highest BCUT2D eigenvalue weighted by Gasteiger charge is 2.40. The molecule has 0 spiro atoms. The number of rotatable bonds is 17. The molecule has 1 atom stereocenters. The summed E-state index contributed by atoms with van der Waals surface area (Å²) in [5, 5.41) is 9.48. The summed E-state index contributed by atoms with van der Waals surface area (Å²) in [5.74, 6) is -1.11. The van der Waals surface area contributed by atoms with E-state index in [1.54, 1.807) is 13.8 Å². The second-order valence-electron chi connectivity index (χ2n) is 7.97. The smallest absolute Gasteiger partial charge is 0.344 e. The van der Waals surface area contributed by atoms with Gasteiger partial charge in [0.05, 0.1) is 13.2 Å². The Bertz CT molecular complexity index is 620. The monoisotopic (exact) mass is 442 g/mol. The zero-order valence-corrected chi connectivity index (χ0v) is 20.8. The molecular formula is C24H43O5P. The van der Waals surface area contributed by atoms with Gasteiger partial charge in [0.25, 0.3) is 0 Å². The quantitative estimate of drug-likeness (QED) is 0.142. The van der Waals surface area contributed by atoms with Crippen LogP contribution in [0.1, 0.15) is 92.9 Å². The Morgan fingerprint density at radius 3 is 1.83 bits per heavy atom. The van der Waals surface area contributed by atoms with E-state index in [2.05, 4.69) is 45.9 Å². The van der Waals surface area contributed by atoms with Crippen molar-refractivity contribution in [3.8, 4) is 0 Å². The first-order valence-electron chi connectivity index (χ1n) is 11.2. The first-order valence-corrected chi connectivity index (χ1v) is 12.8. The predicted octanol–water partition coefficient (Wildman–Crippen LogP) is 7.69. The average molecular weight is 443 g/mol. The summed E-state index contributed by atoms with van der Waals surface area (Å²) >= 11 is 0. The molecular weight excluding hydrogens is 399 g/mol. The Kier molecular flexibility index (Phi) is 15.9. The summed E-state index contributed by atoms with van der Waals surface area (Å²) in [6.07, 6.45) is 13.9. The lowest BCUT2D eigenvalue weighted by Gasteiger charge is -2.23. The molecule has 0 rings (SSSR count). The minimum atomic E-state index is -3.62. The summed E-state index contributed by atoms with van der Waals surface area (Å²) in [6.45, 7) is 12.3. The molecule has 0 aliphatic heterocycles. The standard InChI is InChI=1S/C24H43O5P/c1-7-28-30(27,29-8-2)23(24(25)26)19-11-9-10-15-21(5)17-13-18-22(6)16-12-14-20(3)4/h14-15,18,23H,7-13,16-17,19H2,1-6H3,(H,25,26). The molecule has 0 saturated heterocycles. The van der Waals surface area contributed by atoms with Crippen molar-refractivity contribution < 1.29 is 23.5 Å². The fourth-order valence-corrected chi connectivity index (χ4v) is 5.09. The lowest BCUT2D eigenvalue weighted by atomic mass is 10.0. The molecule has 6 heteroatoms. The van der Waals surface area contributed by atoms with Gasteiger partial charge < -0.3 is 14.2 Å². The number of allylic oxidation sites excluding steroid dienone is 6. The first kappa shape index (κ1) is 28.8. The number of hydrogen-bond donors (Lipinski definition) is 1. The molecule has 0 saturated carbocycles. The number of aliphatic carboxylic acids is 1. The van der Waals surface area contributed by atoms with Crippen molar-refractivity contribution in [3.05, 3.63) is 34.9 Å². The average Bonchev–Trinajstić information content (AvgIpc) is 2.64. The maximum Gasteiger partial charge on any atom is 0.344 e. The normalized spacial score (nSPS) is 13.9. The van der Waals surface area contributed by atoms with E-state index >= 15 is 0 Å². The van der Waals surface area contributed by atoms with Crippen LogP contribution in [0.5, 0.6) is 0 Å². The summed E-state index contributed by atoms with van der Waals surface area (Å²) in [7, 11) is -3.62. The van der Waals surface area contributed by atoms with Crippen molar-refractivity contribution in [3.63, 3.8) is 0 Å². The molecule has 1 unspecified atom stereocenters. The molecule has 0 aromatic carbocycles. The van der Waals surface area contributed by atoms with Gasteiger partial charge in [0, 0.05) is 0 Å². The van der Waals surface area contributed by atoms with Gasteiger partial charge in [-0.2, -0.15) is 0 Å². The lowest BCUT2D eigenvalue weighted by molar-refractivity contribution is -0.137. The summed E-state index contributed by atoms with van der Waals surface area (Å²) in [4.78, 5) is 11.6. The topological polar surface area (TPSA) is 72.8 Å². The molecule has 30 heavy (non-hydrogen) atoms. The van der Waals surface area contributed by atoms with Crippen LogP contribution in [0.25, 0.3) is 0 Å². The van der Waals surface area contributed by atoms with Gasteiger partial charge >= 0.3 is 13.6 Å². The maximum absolute atomic E-state index is 12.8. The van der Waals surface area contributed by atoms with Crippen molar-refractivity contribution in [1.29, 1.82) is 0 Å². The van der Waals surface area contributed by atoms with Crippen LogP contribution in [-0.2, 0) is 18.4 Å². The van der Waals surface area contributed by atoms with Crippen LogP contribution >= 0.6 is 7.60 Å². The van der Waals surface area contributed by atoms with E-state index in [-0.39, 0.29) is 13.2 Å². The SMILES string of the molecule is CCOP(=O)(OCC)C(CCCCC=C(C)CCC=C(C)CCC=C(C)C)C(=O)O. The molecule has 0 fully saturated rings. The van der Waals surface area contributed by atoms with Crippen molar-refractivity contribution in [2.45, 2.75) is 98.6 Å². The third-order valence-electron chi connectivity index (χ3n) is 4.83. The summed E-state index contributed by atoms with van der Waals surface area (Å²) < 4.78 is 23.2. The van der Waals surface area contributed by atoms with Crippen LogP contribution in [0.2, 0.25) is 0 Å². The van der Waals surface area contributed by atoms with Gasteiger partial charge in [-0.05, 0) is 86.5 Å². The molecule has 0 aromatic rings. The Hall–Kier alpha value is -1.16. The van der Waals surface area contributed by atoms with Crippen LogP contribution in [0.15, 0.2) is 34.9 Å². The largest absolute Gasteiger partial charge is 0.481 e. The van der Waals surface area contributed by atoms with E-state index in [0.717, 1.165) is 38.5 Å². The van der Waals surface area contributed by atoms with Crippen molar-refractivity contribution in [1.82, 2.24) is 0 Å². The zero-order valence-electron chi connectivity index (χ0n) is 19.9. The molecule has 5 nitrogen and oxygen atoms in total. The lowest BCUT2D eigenvalue weighted by Crippen LogP contribution is -2.23. The van der Waals surface area contributed by atoms with Gasteiger partial charge in [0.2, 0.25) is 0 Å². The van der Waals surface area contributed by atoms with Gasteiger partial charge in [-0.15, -0.1) is 0 Å². The van der Waals surface area contributed by atoms with Crippen molar-refractivity contribution >= 4 is 13.6 Å². The first-order chi connectivity index (χ1) is 14.2. The van der Waals surface area contributed by atoms with Gasteiger partial charge in [0.15, 0.2) is 5.66 Å². The number of hydrogen-bond acceptors (Lipinski definition) is 4. The molecule has 0 aromatic heterocycles. The zero-order chi connectivity index (χ0) is 23.0. The second kappa shape index (κ2) is 16.5. The third kappa shape index (κ3) is 13.2. The van der Waals surface area contributed by atoms with Crippen LogP contribution in [0.3, 0.4) is 0 Å². The van der Waals surface area contributed by atoms with Crippen molar-refractivity contribution in [2.24, 2.45) is 0 Å². The Balaban J connectivity index is 4.37. The van der Waals surface area contributed by atoms with Crippen LogP contribution in [0.4, 0.5) is 0 Å². The highest BCUT2D eigenvalue weighted by atomic mass is 31.2. The molecule has 0 bridgehead atoms. The minimum Gasteiger partial charge on any atom is -0.481 e. The molecule has 174 valence electrons. The third-order valence-corrected chi connectivity index (χ3v) is 7.31. The van der Waals surface area contributed by atoms with E-state index in [9.17, 15) is 14.5 Å². The second-order valence-corrected chi connectivity index (χ2v) is 10.2. The maximum atomic E-state index is 12.8. The molecule has 0 amide bonds. The number of carboxylic acid groups (broad SMARTS) is 1. The van der Waals surface area contributed by atoms with Crippen LogP contribution in [0, 0.1) is 0 Å². The number of carboxylic acids is 1. The Labute approximate surface area is 184 Å². The van der Waals surface area contributed by atoms with E-state index in [1.807, 2.05) is 0 Å². The fraction of sp³-hybridized carbons (Fsp3) is 0.708. The van der Waals surface area contributed by atoms with Gasteiger partial charge in [-0.25, -0.2) is 0 Å². The predicted molar refractivity (Wildman–Crippen MR) is 126 cm³/mol. The molecule has 0 radical (unpaired) electrons. The highest BCUT2D eigenvalue weighted by molar-refractivity contribution is 7.55. The summed E-state index contributed by atoms with van der Waals surface area (Å²) in [5.41, 5.74) is 3.07. The van der Waals surface area contributed by atoms with Crippen LogP contribution in [-0.4, -0.2) is 29.9 Å². The minimum absolute atomic E-state index is 0.172. The fourth-order valence-electron chi connectivity index (χ4n) is 3.16. The highest BCUT2D eigenvalue weighted by Crippen LogP contribution is 2.54. The molecule has 1 N–H and O–H groups in total. The van der Waals surface area contributed by atoms with E-state index < -0.39 is 19.2 Å². The number of unbranched alkanes of at least 4 members (excludes halogenated alkanes) is 2.